The number of aliphatic imine (C=N–C) groups is 1. The molecule has 3 N–H and O–H groups in total. The first-order valence-corrected chi connectivity index (χ1v) is 8.28. The van der Waals surface area contributed by atoms with E-state index in [9.17, 15) is 9.59 Å². The second kappa shape index (κ2) is 11.3. The second-order valence-electron chi connectivity index (χ2n) is 5.33. The molecule has 2 rings (SSSR count). The van der Waals surface area contributed by atoms with Crippen LogP contribution in [-0.2, 0) is 22.7 Å². The molecule has 0 aliphatic rings. The third-order valence-corrected chi connectivity index (χ3v) is 3.24. The largest absolute Gasteiger partial charge is 0.444 e. The zero-order valence-corrected chi connectivity index (χ0v) is 14.6. The monoisotopic (exact) mass is 371 g/mol. The Labute approximate surface area is 156 Å². The summed E-state index contributed by atoms with van der Waals surface area (Å²) >= 11 is 0. The summed E-state index contributed by atoms with van der Waals surface area (Å²) in [5, 5.41) is 13.5. The van der Waals surface area contributed by atoms with Crippen molar-refractivity contribution >= 4 is 18.1 Å². The van der Waals surface area contributed by atoms with Crippen LogP contribution in [0, 0.1) is 0 Å². The Bertz CT molecular complexity index is 691. The van der Waals surface area contributed by atoms with Crippen molar-refractivity contribution in [1.82, 2.24) is 10.6 Å². The van der Waals surface area contributed by atoms with E-state index < -0.39 is 12.2 Å². The summed E-state index contributed by atoms with van der Waals surface area (Å²) in [6.07, 6.45) is -1.59. The minimum atomic E-state index is -0.793. The number of guanidine groups is 1. The Morgan fingerprint density at radius 2 is 1.26 bits per heavy atom. The molecular formula is C19H21N3O5. The van der Waals surface area contributed by atoms with Crippen LogP contribution in [0.5, 0.6) is 0 Å². The minimum Gasteiger partial charge on any atom is -0.444 e. The number of hydrogen-bond donors (Lipinski definition) is 3. The maximum Gasteiger partial charge on any atom is 0.414 e. The number of amides is 2. The molecule has 0 saturated carbocycles. The van der Waals surface area contributed by atoms with Crippen LogP contribution in [0.1, 0.15) is 11.1 Å². The van der Waals surface area contributed by atoms with Crippen molar-refractivity contribution in [2.45, 2.75) is 13.2 Å². The highest BCUT2D eigenvalue weighted by atomic mass is 16.6. The molecule has 0 atom stereocenters. The predicted octanol–water partition coefficient (Wildman–Crippen LogP) is 2.19. The SMILES string of the molecule is O=C(NC(=NCCO)NC(=O)OCc1ccccc1)OCc1ccccc1. The summed E-state index contributed by atoms with van der Waals surface area (Å²) in [6.45, 7) is -0.116. The standard InChI is InChI=1S/C19H21N3O5/c23-12-11-20-17(21-18(24)26-13-15-7-3-1-4-8-15)22-19(25)27-14-16-9-5-2-6-10-16/h1-10,23H,11-14H2,(H2,20,21,22,24,25). The number of benzene rings is 2. The third kappa shape index (κ3) is 8.02. The van der Waals surface area contributed by atoms with Crippen LogP contribution >= 0.6 is 0 Å². The average molecular weight is 371 g/mol. The van der Waals surface area contributed by atoms with E-state index >= 15 is 0 Å². The summed E-state index contributed by atoms with van der Waals surface area (Å²) in [7, 11) is 0. The number of ether oxygens (including phenoxy) is 2. The molecular weight excluding hydrogens is 350 g/mol. The summed E-state index contributed by atoms with van der Waals surface area (Å²) < 4.78 is 10.1. The van der Waals surface area contributed by atoms with Crippen molar-refractivity contribution in [3.8, 4) is 0 Å². The molecule has 0 bridgehead atoms. The van der Waals surface area contributed by atoms with Crippen LogP contribution in [0.15, 0.2) is 65.7 Å². The molecule has 0 saturated heterocycles. The van der Waals surface area contributed by atoms with Crippen LogP contribution in [0.3, 0.4) is 0 Å². The Morgan fingerprint density at radius 3 is 1.67 bits per heavy atom. The number of hydrogen-bond acceptors (Lipinski definition) is 6. The van der Waals surface area contributed by atoms with E-state index in [1.165, 1.54) is 0 Å². The van der Waals surface area contributed by atoms with Gasteiger partial charge in [-0.1, -0.05) is 60.7 Å². The molecule has 2 aromatic rings. The van der Waals surface area contributed by atoms with Gasteiger partial charge in [0.15, 0.2) is 0 Å². The van der Waals surface area contributed by atoms with Gasteiger partial charge >= 0.3 is 12.2 Å². The Morgan fingerprint density at radius 1 is 0.815 bits per heavy atom. The molecule has 8 heteroatoms. The van der Waals surface area contributed by atoms with Gasteiger partial charge in [0, 0.05) is 0 Å². The van der Waals surface area contributed by atoms with E-state index in [4.69, 9.17) is 14.6 Å². The zero-order valence-electron chi connectivity index (χ0n) is 14.6. The van der Waals surface area contributed by atoms with Gasteiger partial charge in [0.25, 0.3) is 0 Å². The fourth-order valence-corrected chi connectivity index (χ4v) is 1.98. The smallest absolute Gasteiger partial charge is 0.414 e. The number of aliphatic hydroxyl groups excluding tert-OH is 1. The van der Waals surface area contributed by atoms with Crippen LogP contribution in [-0.4, -0.2) is 36.4 Å². The quantitative estimate of drug-likeness (QED) is 0.533. The van der Waals surface area contributed by atoms with Crippen molar-refractivity contribution in [3.63, 3.8) is 0 Å². The molecule has 0 aliphatic carbocycles. The van der Waals surface area contributed by atoms with Crippen LogP contribution in [0.4, 0.5) is 9.59 Å². The molecule has 0 spiro atoms. The number of aliphatic hydroxyl groups is 1. The molecule has 142 valence electrons. The van der Waals surface area contributed by atoms with Gasteiger partial charge in [0.05, 0.1) is 13.2 Å². The van der Waals surface area contributed by atoms with E-state index in [0.29, 0.717) is 0 Å². The van der Waals surface area contributed by atoms with Gasteiger partial charge < -0.3 is 14.6 Å². The normalized spacial score (nSPS) is 9.81. The molecule has 0 aromatic heterocycles. The van der Waals surface area contributed by atoms with Gasteiger partial charge in [0.1, 0.15) is 13.2 Å². The first kappa shape index (κ1) is 19.9. The Balaban J connectivity index is 1.82. The van der Waals surface area contributed by atoms with Crippen molar-refractivity contribution in [3.05, 3.63) is 71.8 Å². The lowest BCUT2D eigenvalue weighted by atomic mass is 10.2. The average Bonchev–Trinajstić information content (AvgIpc) is 2.70. The molecule has 27 heavy (non-hydrogen) atoms. The first-order valence-electron chi connectivity index (χ1n) is 8.28. The van der Waals surface area contributed by atoms with Gasteiger partial charge in [-0.15, -0.1) is 0 Å². The number of carbonyl (C=O) groups excluding carboxylic acids is 2. The number of nitrogens with zero attached hydrogens (tertiary/aromatic N) is 1. The van der Waals surface area contributed by atoms with Gasteiger partial charge in [-0.05, 0) is 11.1 Å². The maximum absolute atomic E-state index is 11.9. The van der Waals surface area contributed by atoms with Crippen molar-refractivity contribution < 1.29 is 24.2 Å². The first-order chi connectivity index (χ1) is 13.2. The van der Waals surface area contributed by atoms with Crippen molar-refractivity contribution in [2.75, 3.05) is 13.2 Å². The fourth-order valence-electron chi connectivity index (χ4n) is 1.98. The van der Waals surface area contributed by atoms with Gasteiger partial charge in [-0.3, -0.25) is 15.6 Å². The van der Waals surface area contributed by atoms with E-state index in [1.807, 2.05) is 60.7 Å². The lowest BCUT2D eigenvalue weighted by Crippen LogP contribution is -2.44. The van der Waals surface area contributed by atoms with E-state index in [-0.39, 0.29) is 32.3 Å². The van der Waals surface area contributed by atoms with Gasteiger partial charge in [-0.25, -0.2) is 9.59 Å². The molecule has 2 aromatic carbocycles. The lowest BCUT2D eigenvalue weighted by molar-refractivity contribution is 0.141. The van der Waals surface area contributed by atoms with E-state index in [1.54, 1.807) is 0 Å². The molecule has 2 amide bonds. The minimum absolute atomic E-state index is 0.00668. The van der Waals surface area contributed by atoms with Crippen molar-refractivity contribution in [2.24, 2.45) is 4.99 Å². The predicted molar refractivity (Wildman–Crippen MR) is 98.9 cm³/mol. The number of rotatable bonds is 6. The highest BCUT2D eigenvalue weighted by Crippen LogP contribution is 2.01. The summed E-state index contributed by atoms with van der Waals surface area (Å²) in [6, 6.07) is 18.3. The maximum atomic E-state index is 11.9. The van der Waals surface area contributed by atoms with Gasteiger partial charge in [-0.2, -0.15) is 0 Å². The number of alkyl carbamates (subject to hydrolysis) is 2. The van der Waals surface area contributed by atoms with Crippen LogP contribution < -0.4 is 10.6 Å². The molecule has 0 fully saturated rings. The molecule has 0 aliphatic heterocycles. The Hall–Kier alpha value is -3.39. The topological polar surface area (TPSA) is 109 Å². The highest BCUT2D eigenvalue weighted by molar-refractivity contribution is 6.01. The second-order valence-corrected chi connectivity index (χ2v) is 5.33. The van der Waals surface area contributed by atoms with Crippen LogP contribution in [0.2, 0.25) is 0 Å². The number of carbonyl (C=O) groups is 2. The van der Waals surface area contributed by atoms with E-state index in [0.717, 1.165) is 11.1 Å². The van der Waals surface area contributed by atoms with Crippen molar-refractivity contribution in [1.29, 1.82) is 0 Å². The highest BCUT2D eigenvalue weighted by Gasteiger charge is 2.12. The number of nitrogens with one attached hydrogen (secondary N) is 2. The molecule has 0 radical (unpaired) electrons. The van der Waals surface area contributed by atoms with Gasteiger partial charge in [0.2, 0.25) is 5.96 Å². The Kier molecular flexibility index (Phi) is 8.32. The zero-order chi connectivity index (χ0) is 19.3. The van der Waals surface area contributed by atoms with E-state index in [2.05, 4.69) is 15.6 Å². The summed E-state index contributed by atoms with van der Waals surface area (Å²) in [4.78, 5) is 27.6. The molecule has 0 heterocycles. The summed E-state index contributed by atoms with van der Waals surface area (Å²) in [5.74, 6) is -0.167. The third-order valence-electron chi connectivity index (χ3n) is 3.24. The fraction of sp³-hybridized carbons (Fsp3) is 0.211. The summed E-state index contributed by atoms with van der Waals surface area (Å²) in [5.41, 5.74) is 1.63. The van der Waals surface area contributed by atoms with Crippen LogP contribution in [0.25, 0.3) is 0 Å². The lowest BCUT2D eigenvalue weighted by Gasteiger charge is -2.11. The molecule has 8 nitrogen and oxygen atoms in total. The molecule has 0 unspecified atom stereocenters.